The average Bonchev–Trinajstić information content (AvgIpc) is 2.87. The maximum atomic E-state index is 2.77. The Morgan fingerprint density at radius 2 is 1.35 bits per heavy atom. The topological polar surface area (TPSA) is 0 Å². The van der Waals surface area contributed by atoms with Gasteiger partial charge in [-0.3, -0.25) is 0 Å². The minimum atomic E-state index is 0.482. The molecule has 5 rings (SSSR count). The normalized spacial score (nSPS) is 69.5. The van der Waals surface area contributed by atoms with Crippen LogP contribution in [0.25, 0.3) is 0 Å². The first-order valence-corrected chi connectivity index (χ1v) is 10.3. The molecule has 0 saturated heterocycles. The average molecular weight is 315 g/mol. The van der Waals surface area contributed by atoms with Crippen molar-refractivity contribution in [3.8, 4) is 0 Å². The second kappa shape index (κ2) is 3.33. The van der Waals surface area contributed by atoms with Crippen LogP contribution in [0.1, 0.15) is 81.6 Å². The van der Waals surface area contributed by atoms with E-state index in [0.717, 1.165) is 29.6 Å². The Hall–Kier alpha value is 0. The lowest BCUT2D eigenvalue weighted by atomic mass is 9.12. The summed E-state index contributed by atoms with van der Waals surface area (Å²) in [5, 5.41) is 0. The standard InChI is InChI=1S/C23H38/c1-13-15-10-17(18(13,3)4)22(9)19(5,6)14(2)16-11-20(7)12-23(15,22)21(16,20)8/h13-17H,10-12H2,1-9H3. The highest BCUT2D eigenvalue weighted by atomic mass is 15.0. The van der Waals surface area contributed by atoms with Crippen LogP contribution in [-0.2, 0) is 0 Å². The van der Waals surface area contributed by atoms with Crippen LogP contribution >= 0.6 is 0 Å². The summed E-state index contributed by atoms with van der Waals surface area (Å²) in [5.74, 6) is 4.69. The third-order valence-electron chi connectivity index (χ3n) is 12.8. The van der Waals surface area contributed by atoms with Gasteiger partial charge in [-0.2, -0.15) is 0 Å². The summed E-state index contributed by atoms with van der Waals surface area (Å²) in [6.07, 6.45) is 4.58. The van der Waals surface area contributed by atoms with Gasteiger partial charge in [0.2, 0.25) is 0 Å². The smallest absolute Gasteiger partial charge is 0.0137 e. The van der Waals surface area contributed by atoms with Gasteiger partial charge in [-0.1, -0.05) is 62.3 Å². The van der Waals surface area contributed by atoms with Gasteiger partial charge in [0.15, 0.2) is 0 Å². The summed E-state index contributed by atoms with van der Waals surface area (Å²) in [4.78, 5) is 0. The molecular formula is C23H38. The molecule has 5 fully saturated rings. The van der Waals surface area contributed by atoms with E-state index in [1.807, 2.05) is 0 Å². The Balaban J connectivity index is 1.80. The first-order valence-electron chi connectivity index (χ1n) is 10.3. The van der Waals surface area contributed by atoms with Gasteiger partial charge in [0.05, 0.1) is 0 Å². The van der Waals surface area contributed by atoms with Crippen LogP contribution in [0.5, 0.6) is 0 Å². The lowest BCUT2D eigenvalue weighted by molar-refractivity contribution is -0.441. The van der Waals surface area contributed by atoms with Crippen LogP contribution in [0.2, 0.25) is 0 Å². The Labute approximate surface area is 144 Å². The van der Waals surface area contributed by atoms with Crippen LogP contribution in [0, 0.1) is 62.1 Å². The third kappa shape index (κ3) is 0.975. The van der Waals surface area contributed by atoms with E-state index in [1.165, 1.54) is 12.8 Å². The molecule has 0 heterocycles. The van der Waals surface area contributed by atoms with E-state index >= 15 is 0 Å². The summed E-state index contributed by atoms with van der Waals surface area (Å²) in [6.45, 7) is 23.9. The lowest BCUT2D eigenvalue weighted by Crippen LogP contribution is -2.86. The van der Waals surface area contributed by atoms with Crippen LogP contribution in [0.4, 0.5) is 0 Å². The highest BCUT2D eigenvalue weighted by Crippen LogP contribution is 2.98. The van der Waals surface area contributed by atoms with Crippen LogP contribution < -0.4 is 0 Å². The Morgan fingerprint density at radius 1 is 0.739 bits per heavy atom. The number of hydrogen-bond acceptors (Lipinski definition) is 0. The molecule has 130 valence electrons. The van der Waals surface area contributed by atoms with E-state index in [9.17, 15) is 0 Å². The summed E-state index contributed by atoms with van der Waals surface area (Å²) >= 11 is 0. The molecule has 2 bridgehead atoms. The molecule has 0 nitrogen and oxygen atoms in total. The molecule has 1 spiro atoms. The fourth-order valence-corrected chi connectivity index (χ4v) is 10.9. The maximum Gasteiger partial charge on any atom is -0.0137 e. The molecular weight excluding hydrogens is 276 g/mol. The molecule has 9 atom stereocenters. The van der Waals surface area contributed by atoms with Crippen LogP contribution in [0.15, 0.2) is 0 Å². The quantitative estimate of drug-likeness (QED) is 0.485. The first-order chi connectivity index (χ1) is 10.3. The van der Waals surface area contributed by atoms with Gasteiger partial charge in [0.1, 0.15) is 0 Å². The van der Waals surface area contributed by atoms with Crippen molar-refractivity contribution in [1.82, 2.24) is 0 Å². The molecule has 5 aliphatic rings. The zero-order valence-corrected chi connectivity index (χ0v) is 17.0. The Kier molecular flexibility index (Phi) is 2.21. The number of fused-ring (bicyclic) bond motifs is 3. The largest absolute Gasteiger partial charge is 0.0617 e. The fourth-order valence-electron chi connectivity index (χ4n) is 10.9. The zero-order chi connectivity index (χ0) is 17.0. The molecule has 5 saturated carbocycles. The Bertz CT molecular complexity index is 614. The summed E-state index contributed by atoms with van der Waals surface area (Å²) in [7, 11) is 0. The third-order valence-corrected chi connectivity index (χ3v) is 12.8. The van der Waals surface area contributed by atoms with Crippen molar-refractivity contribution in [3.63, 3.8) is 0 Å². The number of rotatable bonds is 0. The highest BCUT2D eigenvalue weighted by Gasteiger charge is 2.93. The van der Waals surface area contributed by atoms with Crippen molar-refractivity contribution >= 4 is 0 Å². The minimum Gasteiger partial charge on any atom is -0.0617 e. The van der Waals surface area contributed by atoms with Crippen molar-refractivity contribution in [3.05, 3.63) is 0 Å². The van der Waals surface area contributed by atoms with Gasteiger partial charge in [-0.15, -0.1) is 0 Å². The monoisotopic (exact) mass is 314 g/mol. The number of hydrogen-bond donors (Lipinski definition) is 0. The molecule has 0 heteroatoms. The van der Waals surface area contributed by atoms with Crippen molar-refractivity contribution in [2.45, 2.75) is 81.6 Å². The zero-order valence-electron chi connectivity index (χ0n) is 17.0. The maximum absolute atomic E-state index is 2.77. The predicted octanol–water partition coefficient (Wildman–Crippen LogP) is 6.40. The van der Waals surface area contributed by atoms with E-state index in [2.05, 4.69) is 62.3 Å². The highest BCUT2D eigenvalue weighted by molar-refractivity contribution is 5.40. The van der Waals surface area contributed by atoms with Crippen LogP contribution in [-0.4, -0.2) is 0 Å². The molecule has 0 aliphatic heterocycles. The van der Waals surface area contributed by atoms with Gasteiger partial charge < -0.3 is 0 Å². The van der Waals surface area contributed by atoms with Crippen molar-refractivity contribution < 1.29 is 0 Å². The lowest BCUT2D eigenvalue weighted by Gasteiger charge is -2.91. The Morgan fingerprint density at radius 3 is 1.91 bits per heavy atom. The fraction of sp³-hybridized carbons (Fsp3) is 1.00. The van der Waals surface area contributed by atoms with Gasteiger partial charge >= 0.3 is 0 Å². The molecule has 0 aromatic carbocycles. The van der Waals surface area contributed by atoms with Crippen molar-refractivity contribution in [1.29, 1.82) is 0 Å². The van der Waals surface area contributed by atoms with E-state index in [1.54, 1.807) is 6.42 Å². The SMILES string of the molecule is CC1C2CC(C1(C)C)C1(C)C(C)(C)C(C)C3CC4(C)CC21C34C. The van der Waals surface area contributed by atoms with E-state index in [4.69, 9.17) is 0 Å². The van der Waals surface area contributed by atoms with Gasteiger partial charge in [-0.25, -0.2) is 0 Å². The van der Waals surface area contributed by atoms with Gasteiger partial charge in [0, 0.05) is 0 Å². The van der Waals surface area contributed by atoms with Crippen LogP contribution in [0.3, 0.4) is 0 Å². The minimum absolute atomic E-state index is 0.482. The second-order valence-electron chi connectivity index (χ2n) is 12.4. The summed E-state index contributed by atoms with van der Waals surface area (Å²) in [6, 6.07) is 0. The molecule has 0 radical (unpaired) electrons. The molecule has 5 aliphatic carbocycles. The second-order valence-corrected chi connectivity index (χ2v) is 12.4. The van der Waals surface area contributed by atoms with E-state index in [0.29, 0.717) is 32.5 Å². The molecule has 23 heavy (non-hydrogen) atoms. The van der Waals surface area contributed by atoms with Crippen molar-refractivity contribution in [2.24, 2.45) is 62.1 Å². The summed E-state index contributed by atoms with van der Waals surface area (Å²) < 4.78 is 0. The van der Waals surface area contributed by atoms with Gasteiger partial charge in [0.25, 0.3) is 0 Å². The van der Waals surface area contributed by atoms with E-state index in [-0.39, 0.29) is 0 Å². The van der Waals surface area contributed by atoms with Gasteiger partial charge in [-0.05, 0) is 81.3 Å². The predicted molar refractivity (Wildman–Crippen MR) is 97.0 cm³/mol. The molecule has 0 aromatic rings. The van der Waals surface area contributed by atoms with E-state index < -0.39 is 0 Å². The molecule has 0 aromatic heterocycles. The first kappa shape index (κ1) is 15.3. The molecule has 0 amide bonds. The molecule has 9 unspecified atom stereocenters. The molecule has 0 N–H and O–H groups in total. The summed E-state index contributed by atoms with van der Waals surface area (Å²) in [5.41, 5.74) is 3.49. The van der Waals surface area contributed by atoms with Crippen molar-refractivity contribution in [2.75, 3.05) is 0 Å².